The second-order valence-corrected chi connectivity index (χ2v) is 8.22. The van der Waals surface area contributed by atoms with Crippen molar-refractivity contribution in [2.24, 2.45) is 5.73 Å². The zero-order chi connectivity index (χ0) is 28.4. The lowest BCUT2D eigenvalue weighted by Gasteiger charge is -2.25. The summed E-state index contributed by atoms with van der Waals surface area (Å²) in [5.74, 6) is -5.84. The van der Waals surface area contributed by atoms with Crippen molar-refractivity contribution < 1.29 is 48.0 Å². The lowest BCUT2D eigenvalue weighted by atomic mass is 9.97. The summed E-state index contributed by atoms with van der Waals surface area (Å²) in [5.41, 5.74) is 7.22. The molecule has 0 saturated carbocycles. The Labute approximate surface area is 222 Å². The average Bonchev–Trinajstić information content (AvgIpc) is 2.95. The van der Waals surface area contributed by atoms with E-state index >= 15 is 0 Å². The zero-order valence-electron chi connectivity index (χ0n) is 20.6. The molecule has 0 aromatic heterocycles. The Morgan fingerprint density at radius 3 is 1.74 bits per heavy atom. The maximum absolute atomic E-state index is 13.4. The van der Waals surface area contributed by atoms with Gasteiger partial charge in [0.05, 0.1) is 23.8 Å². The molecule has 0 radical (unpaired) electrons. The molecular formula is C28H26FNO9. The van der Waals surface area contributed by atoms with E-state index in [1.165, 1.54) is 54.6 Å². The predicted molar refractivity (Wildman–Crippen MR) is 134 cm³/mol. The normalized spacial score (nSPS) is 15.4. The van der Waals surface area contributed by atoms with Gasteiger partial charge in [-0.2, -0.15) is 0 Å². The molecule has 1 aliphatic heterocycles. The highest BCUT2D eigenvalue weighted by atomic mass is 19.1. The SMILES string of the molecule is NC[C@@H]1OCCc2cccc(F)c21.O=C(O[C@@H](C(=O)O)[C@@H](OC(=O)c1ccccc1)C(=O)O)c1ccccc1. The summed E-state index contributed by atoms with van der Waals surface area (Å²) in [5, 5.41) is 18.5. The number of aliphatic carboxylic acids is 2. The van der Waals surface area contributed by atoms with Crippen LogP contribution in [0.1, 0.15) is 37.9 Å². The number of nitrogens with two attached hydrogens (primary N) is 1. The number of esters is 2. The van der Waals surface area contributed by atoms with Crippen LogP contribution >= 0.6 is 0 Å². The van der Waals surface area contributed by atoms with E-state index in [1.807, 2.05) is 6.07 Å². The van der Waals surface area contributed by atoms with E-state index in [0.717, 1.165) is 12.0 Å². The van der Waals surface area contributed by atoms with Crippen molar-refractivity contribution in [3.63, 3.8) is 0 Å². The highest BCUT2D eigenvalue weighted by molar-refractivity contribution is 5.95. The van der Waals surface area contributed by atoms with Gasteiger partial charge in [-0.3, -0.25) is 0 Å². The highest BCUT2D eigenvalue weighted by Gasteiger charge is 2.41. The number of carboxylic acid groups (broad SMARTS) is 2. The smallest absolute Gasteiger partial charge is 0.349 e. The average molecular weight is 540 g/mol. The van der Waals surface area contributed by atoms with Crippen LogP contribution < -0.4 is 5.73 Å². The standard InChI is InChI=1S/C18H14O8.C10H12FNO/c19-15(20)13(25-17(23)11-7-3-1-4-8-11)14(16(21)22)26-18(24)12-9-5-2-6-10-12;11-8-3-1-2-7-4-5-13-9(6-12)10(7)8/h1-10,13-14H,(H,19,20)(H,21,22);1-3,9H,4-6,12H2/t13-,14-;9-/m10/s1. The van der Waals surface area contributed by atoms with E-state index in [2.05, 4.69) is 0 Å². The molecule has 1 aliphatic rings. The second-order valence-electron chi connectivity index (χ2n) is 8.22. The van der Waals surface area contributed by atoms with Gasteiger partial charge in [0.15, 0.2) is 0 Å². The minimum absolute atomic E-state index is 0.0253. The van der Waals surface area contributed by atoms with Gasteiger partial charge in [-0.05, 0) is 42.3 Å². The second kappa shape index (κ2) is 13.8. The Bertz CT molecular complexity index is 1230. The molecule has 0 saturated heterocycles. The van der Waals surface area contributed by atoms with Gasteiger partial charge in [0.2, 0.25) is 12.2 Å². The molecule has 3 aromatic rings. The van der Waals surface area contributed by atoms with Crippen molar-refractivity contribution in [1.29, 1.82) is 0 Å². The van der Waals surface area contributed by atoms with Crippen LogP contribution in [0.25, 0.3) is 0 Å². The third kappa shape index (κ3) is 7.69. The number of carbonyl (C=O) groups excluding carboxylic acids is 2. The molecule has 204 valence electrons. The van der Waals surface area contributed by atoms with Crippen molar-refractivity contribution in [3.8, 4) is 0 Å². The summed E-state index contributed by atoms with van der Waals surface area (Å²) in [6.45, 7) is 0.978. The first-order chi connectivity index (χ1) is 18.7. The van der Waals surface area contributed by atoms with Crippen molar-refractivity contribution >= 4 is 23.9 Å². The molecule has 0 spiro atoms. The number of benzene rings is 3. The quantitative estimate of drug-likeness (QED) is 0.363. The Kier molecular flexibility index (Phi) is 10.2. The fourth-order valence-corrected chi connectivity index (χ4v) is 3.74. The fourth-order valence-electron chi connectivity index (χ4n) is 3.74. The number of rotatable bonds is 8. The van der Waals surface area contributed by atoms with Crippen molar-refractivity contribution in [2.75, 3.05) is 13.2 Å². The number of ether oxygens (including phenoxy) is 3. The Balaban J connectivity index is 0.000000268. The van der Waals surface area contributed by atoms with E-state index in [1.54, 1.807) is 18.2 Å². The van der Waals surface area contributed by atoms with Gasteiger partial charge in [-0.1, -0.05) is 48.5 Å². The molecule has 0 unspecified atom stereocenters. The van der Waals surface area contributed by atoms with Crippen LogP contribution in [0.4, 0.5) is 4.39 Å². The molecule has 3 atom stereocenters. The molecule has 0 fully saturated rings. The van der Waals surface area contributed by atoms with Gasteiger partial charge in [-0.15, -0.1) is 0 Å². The monoisotopic (exact) mass is 539 g/mol. The molecule has 0 aliphatic carbocycles. The number of carboxylic acids is 2. The molecular weight excluding hydrogens is 513 g/mol. The summed E-state index contributed by atoms with van der Waals surface area (Å²) < 4.78 is 28.3. The molecule has 4 rings (SSSR count). The number of carbonyl (C=O) groups is 4. The van der Waals surface area contributed by atoms with Gasteiger partial charge < -0.3 is 30.2 Å². The summed E-state index contributed by atoms with van der Waals surface area (Å²) >= 11 is 0. The van der Waals surface area contributed by atoms with Gasteiger partial charge in [0.25, 0.3) is 0 Å². The number of hydrogen-bond donors (Lipinski definition) is 3. The first-order valence-corrected chi connectivity index (χ1v) is 11.8. The summed E-state index contributed by atoms with van der Waals surface area (Å²) in [4.78, 5) is 46.8. The Hall–Kier alpha value is -4.61. The first-order valence-electron chi connectivity index (χ1n) is 11.8. The summed E-state index contributed by atoms with van der Waals surface area (Å²) in [7, 11) is 0. The van der Waals surface area contributed by atoms with Gasteiger partial charge >= 0.3 is 23.9 Å². The van der Waals surface area contributed by atoms with Crippen molar-refractivity contribution in [1.82, 2.24) is 0 Å². The first kappa shape index (κ1) is 29.0. The Morgan fingerprint density at radius 1 is 0.821 bits per heavy atom. The predicted octanol–water partition coefficient (Wildman–Crippen LogP) is 3.00. The zero-order valence-corrected chi connectivity index (χ0v) is 20.6. The number of hydrogen-bond acceptors (Lipinski definition) is 8. The molecule has 1 heterocycles. The third-order valence-electron chi connectivity index (χ3n) is 5.62. The van der Waals surface area contributed by atoms with Crippen molar-refractivity contribution in [3.05, 3.63) is 107 Å². The molecule has 0 amide bonds. The van der Waals surface area contributed by atoms with Crippen LogP contribution in [-0.2, 0) is 30.2 Å². The largest absolute Gasteiger partial charge is 0.478 e. The van der Waals surface area contributed by atoms with Crippen LogP contribution in [0, 0.1) is 5.82 Å². The molecule has 39 heavy (non-hydrogen) atoms. The lowest BCUT2D eigenvalue weighted by Crippen LogP contribution is -2.45. The van der Waals surface area contributed by atoms with Gasteiger partial charge in [0.1, 0.15) is 5.82 Å². The van der Waals surface area contributed by atoms with Crippen LogP contribution in [0.3, 0.4) is 0 Å². The highest BCUT2D eigenvalue weighted by Crippen LogP contribution is 2.28. The van der Waals surface area contributed by atoms with E-state index in [0.29, 0.717) is 18.7 Å². The Morgan fingerprint density at radius 2 is 1.31 bits per heavy atom. The van der Waals surface area contributed by atoms with Crippen LogP contribution in [0.15, 0.2) is 78.9 Å². The number of fused-ring (bicyclic) bond motifs is 1. The van der Waals surface area contributed by atoms with E-state index in [-0.39, 0.29) is 23.0 Å². The molecule has 11 heteroatoms. The van der Waals surface area contributed by atoms with Gasteiger partial charge in [0, 0.05) is 12.1 Å². The van der Waals surface area contributed by atoms with E-state index in [4.69, 9.17) is 19.9 Å². The molecule has 4 N–H and O–H groups in total. The van der Waals surface area contributed by atoms with Gasteiger partial charge in [-0.25, -0.2) is 23.6 Å². The molecule has 0 bridgehead atoms. The minimum Gasteiger partial charge on any atom is -0.478 e. The van der Waals surface area contributed by atoms with E-state index < -0.39 is 36.1 Å². The minimum atomic E-state index is -2.21. The lowest BCUT2D eigenvalue weighted by molar-refractivity contribution is -0.166. The maximum atomic E-state index is 13.4. The fraction of sp³-hybridized carbons (Fsp3) is 0.214. The number of halogens is 1. The van der Waals surface area contributed by atoms with E-state index in [9.17, 15) is 33.8 Å². The van der Waals surface area contributed by atoms with Crippen LogP contribution in [0.2, 0.25) is 0 Å². The van der Waals surface area contributed by atoms with Crippen LogP contribution in [0.5, 0.6) is 0 Å². The molecule has 10 nitrogen and oxygen atoms in total. The summed E-state index contributed by atoms with van der Waals surface area (Å²) in [6, 6.07) is 20.0. The maximum Gasteiger partial charge on any atom is 0.349 e. The third-order valence-corrected chi connectivity index (χ3v) is 5.62. The van der Waals surface area contributed by atoms with Crippen LogP contribution in [-0.4, -0.2) is 59.4 Å². The summed E-state index contributed by atoms with van der Waals surface area (Å²) in [6.07, 6.45) is -3.91. The molecule has 3 aromatic carbocycles. The topological polar surface area (TPSA) is 162 Å². The van der Waals surface area contributed by atoms with Crippen molar-refractivity contribution in [2.45, 2.75) is 24.7 Å².